The number of hydrogen-bond acceptors (Lipinski definition) is 4. The van der Waals surface area contributed by atoms with Gasteiger partial charge in [-0.05, 0) is 59.0 Å². The number of para-hydroxylation sites is 2. The Hall–Kier alpha value is -4.92. The molecule has 40 heavy (non-hydrogen) atoms. The average molecular weight is 547 g/mol. The highest BCUT2D eigenvalue weighted by atomic mass is 19.1. The molecule has 4 aromatic carbocycles. The maximum absolute atomic E-state index is 14.2. The van der Waals surface area contributed by atoms with E-state index in [0.717, 1.165) is 17.7 Å². The lowest BCUT2D eigenvalue weighted by atomic mass is 9.86. The number of rotatable bonds is 7. The van der Waals surface area contributed by atoms with Gasteiger partial charge in [0.25, 0.3) is 0 Å². The van der Waals surface area contributed by atoms with Crippen LogP contribution in [0.4, 0.5) is 25.0 Å². The molecule has 0 aliphatic carbocycles. The molecule has 0 aliphatic rings. The summed E-state index contributed by atoms with van der Waals surface area (Å²) in [5.74, 6) is -2.01. The lowest BCUT2D eigenvalue weighted by Crippen LogP contribution is -2.21. The quantitative estimate of drug-likeness (QED) is 0.218. The van der Waals surface area contributed by atoms with Gasteiger partial charge in [0.15, 0.2) is 5.75 Å². The minimum absolute atomic E-state index is 0.0401. The lowest BCUT2D eigenvalue weighted by Gasteiger charge is -2.23. The zero-order valence-electron chi connectivity index (χ0n) is 22.3. The third-order valence-electron chi connectivity index (χ3n) is 6.11. The number of ether oxygens (including phenoxy) is 2. The van der Waals surface area contributed by atoms with Crippen molar-refractivity contribution in [3.05, 3.63) is 102 Å². The Morgan fingerprint density at radius 2 is 1.40 bits per heavy atom. The molecule has 0 spiro atoms. The number of carbonyl (C=O) groups excluding carboxylic acids is 1. The summed E-state index contributed by atoms with van der Waals surface area (Å²) in [6.07, 6.45) is 0. The van der Waals surface area contributed by atoms with Crippen LogP contribution in [0.3, 0.4) is 0 Å². The molecule has 0 fully saturated rings. The molecular weight excluding hydrogens is 518 g/mol. The third kappa shape index (κ3) is 6.20. The number of halogens is 2. The van der Waals surface area contributed by atoms with E-state index < -0.39 is 29.3 Å². The van der Waals surface area contributed by atoms with E-state index in [1.165, 1.54) is 25.3 Å². The molecule has 0 saturated carbocycles. The maximum Gasteiger partial charge on any atom is 0.339 e. The minimum atomic E-state index is -1.16. The Labute approximate surface area is 230 Å². The van der Waals surface area contributed by atoms with Gasteiger partial charge < -0.3 is 25.2 Å². The first-order valence-electron chi connectivity index (χ1n) is 12.3. The number of carbonyl (C=O) groups is 2. The highest BCUT2D eigenvalue weighted by Gasteiger charge is 2.21. The number of nitrogens with one attached hydrogen (secondary N) is 2. The van der Waals surface area contributed by atoms with E-state index in [1.54, 1.807) is 30.3 Å². The van der Waals surface area contributed by atoms with Crippen molar-refractivity contribution in [2.24, 2.45) is 0 Å². The molecule has 206 valence electrons. The molecule has 4 rings (SSSR count). The standard InChI is InChI=1S/C31H28F2N2O5/c1-31(2,3)21-8-5-6-11-26(21)40-27-15-13-19(18-12-14-25(39-4)20(16-18)29(36)37)17-24(27)34-30(38)35-28-22(32)9-7-10-23(28)33/h5-17H,1-4H3,(H,36,37)(H2,34,35,38). The zero-order valence-corrected chi connectivity index (χ0v) is 22.3. The number of benzene rings is 4. The van der Waals surface area contributed by atoms with Gasteiger partial charge in [0.05, 0.1) is 12.8 Å². The molecule has 0 bridgehead atoms. The second-order valence-electron chi connectivity index (χ2n) is 9.96. The summed E-state index contributed by atoms with van der Waals surface area (Å²) in [7, 11) is 1.38. The highest BCUT2D eigenvalue weighted by Crippen LogP contribution is 2.39. The van der Waals surface area contributed by atoms with Crippen LogP contribution in [0.15, 0.2) is 78.9 Å². The number of hydrogen-bond donors (Lipinski definition) is 3. The molecule has 3 N–H and O–H groups in total. The van der Waals surface area contributed by atoms with Crippen molar-refractivity contribution >= 4 is 23.4 Å². The van der Waals surface area contributed by atoms with Gasteiger partial charge in [-0.25, -0.2) is 18.4 Å². The summed E-state index contributed by atoms with van der Waals surface area (Å²) in [6, 6.07) is 19.4. The van der Waals surface area contributed by atoms with Crippen molar-refractivity contribution in [2.75, 3.05) is 17.7 Å². The van der Waals surface area contributed by atoms with Crippen LogP contribution in [-0.4, -0.2) is 24.2 Å². The monoisotopic (exact) mass is 546 g/mol. The summed E-state index contributed by atoms with van der Waals surface area (Å²) in [4.78, 5) is 24.6. The first kappa shape index (κ1) is 28.1. The van der Waals surface area contributed by atoms with E-state index >= 15 is 0 Å². The Kier molecular flexibility index (Phi) is 8.04. The summed E-state index contributed by atoms with van der Waals surface area (Å²) < 4.78 is 39.7. The van der Waals surface area contributed by atoms with Crippen molar-refractivity contribution < 1.29 is 33.0 Å². The van der Waals surface area contributed by atoms with E-state index in [0.29, 0.717) is 16.9 Å². The van der Waals surface area contributed by atoms with Crippen LogP contribution >= 0.6 is 0 Å². The van der Waals surface area contributed by atoms with Crippen molar-refractivity contribution in [1.29, 1.82) is 0 Å². The smallest absolute Gasteiger partial charge is 0.339 e. The number of methoxy groups -OCH3 is 1. The summed E-state index contributed by atoms with van der Waals surface area (Å²) in [5.41, 5.74) is 1.30. The van der Waals surface area contributed by atoms with Gasteiger partial charge >= 0.3 is 12.0 Å². The maximum atomic E-state index is 14.2. The second-order valence-corrected chi connectivity index (χ2v) is 9.96. The Morgan fingerprint density at radius 1 is 0.775 bits per heavy atom. The molecule has 0 atom stereocenters. The zero-order chi connectivity index (χ0) is 29.0. The van der Waals surface area contributed by atoms with Crippen LogP contribution in [0, 0.1) is 11.6 Å². The lowest BCUT2D eigenvalue weighted by molar-refractivity contribution is 0.0693. The van der Waals surface area contributed by atoms with Gasteiger partial charge in [0, 0.05) is 5.56 Å². The molecule has 7 nitrogen and oxygen atoms in total. The molecule has 2 amide bonds. The summed E-state index contributed by atoms with van der Waals surface area (Å²) in [5, 5.41) is 14.4. The molecule has 0 unspecified atom stereocenters. The van der Waals surface area contributed by atoms with Crippen molar-refractivity contribution in [3.8, 4) is 28.4 Å². The fourth-order valence-corrected chi connectivity index (χ4v) is 4.13. The second kappa shape index (κ2) is 11.4. The minimum Gasteiger partial charge on any atom is -0.496 e. The average Bonchev–Trinajstić information content (AvgIpc) is 2.91. The van der Waals surface area contributed by atoms with Crippen molar-refractivity contribution in [2.45, 2.75) is 26.2 Å². The predicted octanol–water partition coefficient (Wildman–Crippen LogP) is 8.07. The first-order chi connectivity index (χ1) is 19.0. The van der Waals surface area contributed by atoms with Gasteiger partial charge in [-0.3, -0.25) is 0 Å². The molecular formula is C31H28F2N2O5. The molecule has 9 heteroatoms. The predicted molar refractivity (Wildman–Crippen MR) is 150 cm³/mol. The number of carboxylic acid groups (broad SMARTS) is 1. The van der Waals surface area contributed by atoms with Crippen molar-refractivity contribution in [1.82, 2.24) is 0 Å². The Bertz CT molecular complexity index is 1560. The number of anilines is 2. The molecule has 0 aromatic heterocycles. The first-order valence-corrected chi connectivity index (χ1v) is 12.3. The topological polar surface area (TPSA) is 96.9 Å². The van der Waals surface area contributed by atoms with E-state index in [4.69, 9.17) is 9.47 Å². The fraction of sp³-hybridized carbons (Fsp3) is 0.161. The number of amides is 2. The SMILES string of the molecule is COc1ccc(-c2ccc(Oc3ccccc3C(C)(C)C)c(NC(=O)Nc3c(F)cccc3F)c2)cc1C(=O)O. The van der Waals surface area contributed by atoms with Crippen LogP contribution in [0.5, 0.6) is 17.2 Å². The van der Waals surface area contributed by atoms with Crippen LogP contribution in [-0.2, 0) is 5.41 Å². The largest absolute Gasteiger partial charge is 0.496 e. The van der Waals surface area contributed by atoms with Gasteiger partial charge in [-0.2, -0.15) is 0 Å². The molecule has 0 radical (unpaired) electrons. The molecule has 4 aromatic rings. The van der Waals surface area contributed by atoms with E-state index in [9.17, 15) is 23.5 Å². The van der Waals surface area contributed by atoms with Crippen molar-refractivity contribution in [3.63, 3.8) is 0 Å². The van der Waals surface area contributed by atoms with Gasteiger partial charge in [-0.15, -0.1) is 0 Å². The Morgan fingerprint density at radius 3 is 2.02 bits per heavy atom. The Balaban J connectivity index is 1.76. The normalized spacial score (nSPS) is 11.1. The molecule has 0 heterocycles. The van der Waals surface area contributed by atoms with Crippen LogP contribution in [0.2, 0.25) is 0 Å². The fourth-order valence-electron chi connectivity index (χ4n) is 4.13. The summed E-state index contributed by atoms with van der Waals surface area (Å²) in [6.45, 7) is 6.12. The van der Waals surface area contributed by atoms with E-state index in [2.05, 4.69) is 10.6 Å². The molecule has 0 aliphatic heterocycles. The number of carboxylic acids is 1. The van der Waals surface area contributed by atoms with Crippen LogP contribution in [0.1, 0.15) is 36.7 Å². The van der Waals surface area contributed by atoms with Crippen LogP contribution < -0.4 is 20.1 Å². The van der Waals surface area contributed by atoms with Gasteiger partial charge in [0.1, 0.15) is 34.4 Å². The highest BCUT2D eigenvalue weighted by molar-refractivity contribution is 6.01. The van der Waals surface area contributed by atoms with Gasteiger partial charge in [-0.1, -0.05) is 57.2 Å². The molecule has 0 saturated heterocycles. The van der Waals surface area contributed by atoms with Gasteiger partial charge in [0.2, 0.25) is 0 Å². The summed E-state index contributed by atoms with van der Waals surface area (Å²) >= 11 is 0. The number of aromatic carboxylic acids is 1. The number of urea groups is 1. The van der Waals surface area contributed by atoms with E-state index in [-0.39, 0.29) is 28.2 Å². The van der Waals surface area contributed by atoms with E-state index in [1.807, 2.05) is 39.0 Å². The third-order valence-corrected chi connectivity index (χ3v) is 6.11. The van der Waals surface area contributed by atoms with Crippen LogP contribution in [0.25, 0.3) is 11.1 Å².